The number of hydrogen-bond acceptors (Lipinski definition) is 4. The maximum atomic E-state index is 12.0. The number of rotatable bonds is 10. The van der Waals surface area contributed by atoms with E-state index in [0.717, 1.165) is 58.7 Å². The predicted molar refractivity (Wildman–Crippen MR) is 81.7 cm³/mol. The standard InChI is InChI=1S/C15H31N3O2/c1-2-20-14-6-7-15(19)18-12-10-17(11-13-18)9-5-3-4-8-16/h2-14,16H2,1H3. The van der Waals surface area contributed by atoms with Gasteiger partial charge < -0.3 is 15.4 Å². The van der Waals surface area contributed by atoms with Crippen molar-refractivity contribution < 1.29 is 9.53 Å². The Morgan fingerprint density at radius 2 is 1.85 bits per heavy atom. The Kier molecular flexibility index (Phi) is 9.62. The molecule has 0 radical (unpaired) electrons. The van der Waals surface area contributed by atoms with E-state index in [2.05, 4.69) is 4.90 Å². The van der Waals surface area contributed by atoms with Crippen molar-refractivity contribution in [1.82, 2.24) is 9.80 Å². The highest BCUT2D eigenvalue weighted by Gasteiger charge is 2.20. The Labute approximate surface area is 123 Å². The van der Waals surface area contributed by atoms with Gasteiger partial charge in [0.1, 0.15) is 0 Å². The minimum absolute atomic E-state index is 0.285. The first kappa shape index (κ1) is 17.4. The van der Waals surface area contributed by atoms with Crippen molar-refractivity contribution >= 4 is 5.91 Å². The molecule has 1 saturated heterocycles. The van der Waals surface area contributed by atoms with E-state index in [-0.39, 0.29) is 5.91 Å². The first-order chi connectivity index (χ1) is 9.77. The van der Waals surface area contributed by atoms with Crippen LogP contribution in [0.15, 0.2) is 0 Å². The third-order valence-corrected chi connectivity index (χ3v) is 3.79. The van der Waals surface area contributed by atoms with Gasteiger partial charge in [-0.15, -0.1) is 0 Å². The second kappa shape index (κ2) is 11.1. The molecular formula is C15H31N3O2. The molecular weight excluding hydrogens is 254 g/mol. The molecule has 0 aromatic rings. The second-order valence-electron chi connectivity index (χ2n) is 5.37. The van der Waals surface area contributed by atoms with Crippen LogP contribution >= 0.6 is 0 Å². The molecule has 1 aliphatic heterocycles. The molecule has 1 fully saturated rings. The fraction of sp³-hybridized carbons (Fsp3) is 0.933. The molecule has 0 atom stereocenters. The lowest BCUT2D eigenvalue weighted by Gasteiger charge is -2.34. The van der Waals surface area contributed by atoms with E-state index in [1.54, 1.807) is 0 Å². The smallest absolute Gasteiger partial charge is 0.222 e. The van der Waals surface area contributed by atoms with Crippen LogP contribution in [0.1, 0.15) is 39.0 Å². The Balaban J connectivity index is 2.07. The van der Waals surface area contributed by atoms with Crippen LogP contribution in [0.3, 0.4) is 0 Å². The number of piperazine rings is 1. The monoisotopic (exact) mass is 285 g/mol. The van der Waals surface area contributed by atoms with E-state index >= 15 is 0 Å². The van der Waals surface area contributed by atoms with E-state index in [4.69, 9.17) is 10.5 Å². The highest BCUT2D eigenvalue weighted by molar-refractivity contribution is 5.76. The SMILES string of the molecule is CCOCCCC(=O)N1CCN(CCCCCN)CC1. The lowest BCUT2D eigenvalue weighted by atomic mass is 10.2. The molecule has 1 amide bonds. The minimum atomic E-state index is 0.285. The van der Waals surface area contributed by atoms with Gasteiger partial charge in [0, 0.05) is 45.8 Å². The minimum Gasteiger partial charge on any atom is -0.382 e. The van der Waals surface area contributed by atoms with Crippen LogP contribution in [0.5, 0.6) is 0 Å². The Bertz CT molecular complexity index is 254. The zero-order chi connectivity index (χ0) is 14.6. The summed E-state index contributed by atoms with van der Waals surface area (Å²) in [5, 5.41) is 0. The molecule has 5 heteroatoms. The molecule has 0 unspecified atom stereocenters. The quantitative estimate of drug-likeness (QED) is 0.610. The molecule has 1 aliphatic rings. The summed E-state index contributed by atoms with van der Waals surface area (Å²) in [7, 11) is 0. The van der Waals surface area contributed by atoms with Crippen molar-refractivity contribution in [3.63, 3.8) is 0 Å². The van der Waals surface area contributed by atoms with Gasteiger partial charge in [0.2, 0.25) is 5.91 Å². The van der Waals surface area contributed by atoms with Crippen LogP contribution in [-0.2, 0) is 9.53 Å². The summed E-state index contributed by atoms with van der Waals surface area (Å²) in [6, 6.07) is 0. The Morgan fingerprint density at radius 3 is 2.50 bits per heavy atom. The zero-order valence-electron chi connectivity index (χ0n) is 13.0. The van der Waals surface area contributed by atoms with E-state index in [9.17, 15) is 4.79 Å². The summed E-state index contributed by atoms with van der Waals surface area (Å²) >= 11 is 0. The number of carbonyl (C=O) groups is 1. The fourth-order valence-corrected chi connectivity index (χ4v) is 2.51. The summed E-state index contributed by atoms with van der Waals surface area (Å²) in [5.74, 6) is 0.285. The van der Waals surface area contributed by atoms with Gasteiger partial charge in [-0.3, -0.25) is 9.69 Å². The molecule has 0 bridgehead atoms. The first-order valence-corrected chi connectivity index (χ1v) is 8.06. The molecule has 1 heterocycles. The number of amides is 1. The van der Waals surface area contributed by atoms with E-state index in [1.807, 2.05) is 11.8 Å². The molecule has 0 saturated carbocycles. The van der Waals surface area contributed by atoms with Crippen molar-refractivity contribution in [1.29, 1.82) is 0 Å². The summed E-state index contributed by atoms with van der Waals surface area (Å²) in [4.78, 5) is 16.5. The molecule has 20 heavy (non-hydrogen) atoms. The summed E-state index contributed by atoms with van der Waals surface area (Å²) in [6.07, 6.45) is 5.02. The lowest BCUT2D eigenvalue weighted by Crippen LogP contribution is -2.48. The van der Waals surface area contributed by atoms with Crippen LogP contribution in [0, 0.1) is 0 Å². The van der Waals surface area contributed by atoms with E-state index in [0.29, 0.717) is 13.0 Å². The topological polar surface area (TPSA) is 58.8 Å². The highest BCUT2D eigenvalue weighted by atomic mass is 16.5. The highest BCUT2D eigenvalue weighted by Crippen LogP contribution is 2.07. The normalized spacial score (nSPS) is 16.6. The number of nitrogens with two attached hydrogens (primary N) is 1. The van der Waals surface area contributed by atoms with Crippen LogP contribution in [-0.4, -0.2) is 68.2 Å². The largest absolute Gasteiger partial charge is 0.382 e. The number of ether oxygens (including phenoxy) is 1. The molecule has 1 rings (SSSR count). The fourth-order valence-electron chi connectivity index (χ4n) is 2.51. The van der Waals surface area contributed by atoms with Crippen LogP contribution < -0.4 is 5.73 Å². The van der Waals surface area contributed by atoms with Gasteiger partial charge in [-0.1, -0.05) is 6.42 Å². The molecule has 0 spiro atoms. The van der Waals surface area contributed by atoms with Crippen LogP contribution in [0.2, 0.25) is 0 Å². The third kappa shape index (κ3) is 7.22. The molecule has 0 aliphatic carbocycles. The van der Waals surface area contributed by atoms with Gasteiger partial charge in [0.25, 0.3) is 0 Å². The molecule has 2 N–H and O–H groups in total. The molecule has 0 aromatic heterocycles. The average molecular weight is 285 g/mol. The average Bonchev–Trinajstić information content (AvgIpc) is 2.48. The summed E-state index contributed by atoms with van der Waals surface area (Å²) in [5.41, 5.74) is 5.49. The number of hydrogen-bond donors (Lipinski definition) is 1. The summed E-state index contributed by atoms with van der Waals surface area (Å²) in [6.45, 7) is 9.14. The predicted octanol–water partition coefficient (Wildman–Crippen LogP) is 1.08. The first-order valence-electron chi connectivity index (χ1n) is 8.06. The van der Waals surface area contributed by atoms with Crippen molar-refractivity contribution in [2.75, 3.05) is 52.5 Å². The van der Waals surface area contributed by atoms with Crippen molar-refractivity contribution in [3.8, 4) is 0 Å². The summed E-state index contributed by atoms with van der Waals surface area (Å²) < 4.78 is 5.26. The van der Waals surface area contributed by atoms with Gasteiger partial charge >= 0.3 is 0 Å². The van der Waals surface area contributed by atoms with E-state index < -0.39 is 0 Å². The third-order valence-electron chi connectivity index (χ3n) is 3.79. The van der Waals surface area contributed by atoms with Crippen molar-refractivity contribution in [2.24, 2.45) is 5.73 Å². The van der Waals surface area contributed by atoms with E-state index in [1.165, 1.54) is 12.8 Å². The molecule has 118 valence electrons. The van der Waals surface area contributed by atoms with Gasteiger partial charge in [-0.05, 0) is 39.3 Å². The van der Waals surface area contributed by atoms with Crippen molar-refractivity contribution in [3.05, 3.63) is 0 Å². The van der Waals surface area contributed by atoms with Crippen LogP contribution in [0.25, 0.3) is 0 Å². The van der Waals surface area contributed by atoms with Gasteiger partial charge in [0.15, 0.2) is 0 Å². The van der Waals surface area contributed by atoms with Crippen LogP contribution in [0.4, 0.5) is 0 Å². The molecule has 5 nitrogen and oxygen atoms in total. The van der Waals surface area contributed by atoms with Gasteiger partial charge in [-0.2, -0.15) is 0 Å². The maximum Gasteiger partial charge on any atom is 0.222 e. The maximum absolute atomic E-state index is 12.0. The van der Waals surface area contributed by atoms with Gasteiger partial charge in [0.05, 0.1) is 0 Å². The second-order valence-corrected chi connectivity index (χ2v) is 5.37. The van der Waals surface area contributed by atoms with Crippen molar-refractivity contribution in [2.45, 2.75) is 39.0 Å². The number of unbranched alkanes of at least 4 members (excludes halogenated alkanes) is 2. The zero-order valence-corrected chi connectivity index (χ0v) is 13.0. The Morgan fingerprint density at radius 1 is 1.10 bits per heavy atom. The van der Waals surface area contributed by atoms with Gasteiger partial charge in [-0.25, -0.2) is 0 Å². The lowest BCUT2D eigenvalue weighted by molar-refractivity contribution is -0.133. The number of carbonyl (C=O) groups excluding carboxylic acids is 1. The number of nitrogens with zero attached hydrogens (tertiary/aromatic N) is 2. The molecule has 0 aromatic carbocycles. The Hall–Kier alpha value is -0.650.